The Bertz CT molecular complexity index is 523. The lowest BCUT2D eigenvalue weighted by Gasteiger charge is -1.96. The van der Waals surface area contributed by atoms with Crippen molar-refractivity contribution in [1.82, 2.24) is 4.98 Å². The molecular formula is C12H15N3O. The van der Waals surface area contributed by atoms with E-state index >= 15 is 0 Å². The van der Waals surface area contributed by atoms with Crippen LogP contribution in [0.4, 0.5) is 5.88 Å². The first-order valence-corrected chi connectivity index (χ1v) is 5.34. The van der Waals surface area contributed by atoms with Gasteiger partial charge in [0.2, 0.25) is 11.6 Å². The lowest BCUT2D eigenvalue weighted by Crippen LogP contribution is -1.87. The predicted octanol–water partition coefficient (Wildman–Crippen LogP) is 2.87. The molecule has 0 fully saturated rings. The minimum atomic E-state index is 0.149. The number of hydrogen-bond donors (Lipinski definition) is 1. The fourth-order valence-electron chi connectivity index (χ4n) is 1.51. The quantitative estimate of drug-likeness (QED) is 0.796. The molecule has 0 radical (unpaired) electrons. The van der Waals surface area contributed by atoms with Gasteiger partial charge in [-0.25, -0.2) is 4.98 Å². The van der Waals surface area contributed by atoms with E-state index in [0.29, 0.717) is 11.3 Å². The van der Waals surface area contributed by atoms with Crippen LogP contribution < -0.4 is 5.73 Å². The molecule has 0 atom stereocenters. The molecule has 0 amide bonds. The molecule has 0 aromatic carbocycles. The lowest BCUT2D eigenvalue weighted by atomic mass is 10.1. The average molecular weight is 217 g/mol. The first-order valence-electron chi connectivity index (χ1n) is 5.34. The number of nitrogens with two attached hydrogens (primary N) is 1. The molecular weight excluding hydrogens is 202 g/mol. The Hall–Kier alpha value is -2.02. The van der Waals surface area contributed by atoms with Gasteiger partial charge in [0, 0.05) is 6.20 Å². The van der Waals surface area contributed by atoms with E-state index in [1.165, 1.54) is 0 Å². The summed E-state index contributed by atoms with van der Waals surface area (Å²) >= 11 is 0. The zero-order chi connectivity index (χ0) is 12.1. The second-order valence-electron chi connectivity index (χ2n) is 2.96. The molecule has 0 bridgehead atoms. The van der Waals surface area contributed by atoms with Crippen LogP contribution in [0.15, 0.2) is 16.7 Å². The summed E-state index contributed by atoms with van der Waals surface area (Å²) in [6.07, 6.45) is 2.48. The molecule has 0 aliphatic heterocycles. The summed E-state index contributed by atoms with van der Waals surface area (Å²) in [6.45, 7) is 6.01. The van der Waals surface area contributed by atoms with Gasteiger partial charge < -0.3 is 10.2 Å². The maximum absolute atomic E-state index is 8.91. The van der Waals surface area contributed by atoms with Gasteiger partial charge >= 0.3 is 0 Å². The highest BCUT2D eigenvalue weighted by atomic mass is 16.4. The van der Waals surface area contributed by atoms with Gasteiger partial charge in [0.25, 0.3) is 0 Å². The number of furan rings is 1. The van der Waals surface area contributed by atoms with Crippen LogP contribution >= 0.6 is 0 Å². The molecule has 0 aliphatic rings. The number of aromatic nitrogens is 1. The maximum Gasteiger partial charge on any atom is 0.230 e. The highest BCUT2D eigenvalue weighted by Gasteiger charge is 2.14. The molecule has 0 saturated heterocycles. The van der Waals surface area contributed by atoms with E-state index in [9.17, 15) is 0 Å². The van der Waals surface area contributed by atoms with Crippen molar-refractivity contribution in [2.45, 2.75) is 27.2 Å². The Balaban J connectivity index is 0.000000606. The lowest BCUT2D eigenvalue weighted by molar-refractivity contribution is 0.623. The molecule has 2 N–H and O–H groups in total. The van der Waals surface area contributed by atoms with Crippen LogP contribution in [0.1, 0.15) is 31.9 Å². The van der Waals surface area contributed by atoms with Gasteiger partial charge in [-0.3, -0.25) is 0 Å². The Morgan fingerprint density at radius 3 is 2.75 bits per heavy atom. The van der Waals surface area contributed by atoms with Gasteiger partial charge in [-0.2, -0.15) is 5.26 Å². The predicted molar refractivity (Wildman–Crippen MR) is 63.9 cm³/mol. The van der Waals surface area contributed by atoms with Crippen molar-refractivity contribution in [1.29, 1.82) is 5.26 Å². The van der Waals surface area contributed by atoms with Crippen molar-refractivity contribution in [2.75, 3.05) is 5.73 Å². The van der Waals surface area contributed by atoms with E-state index in [4.69, 9.17) is 15.4 Å². The highest BCUT2D eigenvalue weighted by Crippen LogP contribution is 2.28. The Morgan fingerprint density at radius 2 is 2.19 bits per heavy atom. The van der Waals surface area contributed by atoms with Crippen molar-refractivity contribution < 1.29 is 4.42 Å². The molecule has 0 saturated carbocycles. The Morgan fingerprint density at radius 1 is 1.50 bits per heavy atom. The summed E-state index contributed by atoms with van der Waals surface area (Å²) < 4.78 is 5.18. The summed E-state index contributed by atoms with van der Waals surface area (Å²) in [5.74, 6) is 0.149. The average Bonchev–Trinajstić information content (AvgIpc) is 2.66. The number of aryl methyl sites for hydroxylation is 1. The first-order chi connectivity index (χ1) is 7.77. The van der Waals surface area contributed by atoms with Crippen molar-refractivity contribution in [3.8, 4) is 6.07 Å². The number of anilines is 1. The van der Waals surface area contributed by atoms with Crippen LogP contribution in [0.25, 0.3) is 11.1 Å². The first kappa shape index (κ1) is 12.1. The van der Waals surface area contributed by atoms with Gasteiger partial charge in [0.1, 0.15) is 11.6 Å². The molecule has 16 heavy (non-hydrogen) atoms. The number of nitriles is 1. The second-order valence-corrected chi connectivity index (χ2v) is 2.96. The van der Waals surface area contributed by atoms with Crippen molar-refractivity contribution >= 4 is 17.0 Å². The van der Waals surface area contributed by atoms with Crippen LogP contribution in [0, 0.1) is 11.3 Å². The summed E-state index contributed by atoms with van der Waals surface area (Å²) in [7, 11) is 0. The molecule has 0 aliphatic carbocycles. The smallest absolute Gasteiger partial charge is 0.230 e. The fraction of sp³-hybridized carbons (Fsp3) is 0.333. The van der Waals surface area contributed by atoms with Crippen LogP contribution in [0.2, 0.25) is 0 Å². The van der Waals surface area contributed by atoms with Gasteiger partial charge in [0.05, 0.1) is 5.39 Å². The van der Waals surface area contributed by atoms with E-state index in [1.54, 1.807) is 6.20 Å². The van der Waals surface area contributed by atoms with Crippen LogP contribution in [0.3, 0.4) is 0 Å². The van der Waals surface area contributed by atoms with Gasteiger partial charge in [-0.15, -0.1) is 0 Å². The van der Waals surface area contributed by atoms with Gasteiger partial charge in [0.15, 0.2) is 0 Å². The van der Waals surface area contributed by atoms with Gasteiger partial charge in [-0.1, -0.05) is 20.8 Å². The standard InChI is InChI=1S/C10H9N3O.C2H6/c1-2-6-3-4-13-10-8(6)7(5-11)9(12)14-10;1-2/h3-4H,2,12H2,1H3;1-2H3. The number of fused-ring (bicyclic) bond motifs is 1. The number of nitrogen functional groups attached to an aromatic ring is 1. The van der Waals surface area contributed by atoms with E-state index in [1.807, 2.05) is 32.9 Å². The van der Waals surface area contributed by atoms with Crippen molar-refractivity contribution in [2.24, 2.45) is 0 Å². The minimum absolute atomic E-state index is 0.149. The van der Waals surface area contributed by atoms with Crippen LogP contribution in [-0.4, -0.2) is 4.98 Å². The fourth-order valence-corrected chi connectivity index (χ4v) is 1.51. The third-order valence-electron chi connectivity index (χ3n) is 2.20. The number of pyridine rings is 1. The van der Waals surface area contributed by atoms with E-state index in [0.717, 1.165) is 17.4 Å². The molecule has 0 unspecified atom stereocenters. The summed E-state index contributed by atoms with van der Waals surface area (Å²) in [5.41, 5.74) is 7.43. The normalized spacial score (nSPS) is 9.38. The SMILES string of the molecule is CC.CCc1ccnc2oc(N)c(C#N)c12. The molecule has 4 nitrogen and oxygen atoms in total. The van der Waals surface area contributed by atoms with E-state index in [2.05, 4.69) is 4.98 Å². The third-order valence-corrected chi connectivity index (χ3v) is 2.20. The molecule has 2 rings (SSSR count). The number of rotatable bonds is 1. The molecule has 2 aromatic heterocycles. The number of nitrogens with zero attached hydrogens (tertiary/aromatic N) is 2. The molecule has 2 heterocycles. The van der Waals surface area contributed by atoms with Crippen molar-refractivity contribution in [3.05, 3.63) is 23.4 Å². The zero-order valence-electron chi connectivity index (χ0n) is 9.74. The summed E-state index contributed by atoms with van der Waals surface area (Å²) in [4.78, 5) is 4.02. The largest absolute Gasteiger partial charge is 0.421 e. The zero-order valence-corrected chi connectivity index (χ0v) is 9.74. The Kier molecular flexibility index (Phi) is 3.90. The topological polar surface area (TPSA) is 75.8 Å². The third kappa shape index (κ3) is 1.84. The minimum Gasteiger partial charge on any atom is -0.421 e. The molecule has 84 valence electrons. The molecule has 2 aromatic rings. The summed E-state index contributed by atoms with van der Waals surface area (Å²) in [5, 5.41) is 9.65. The monoisotopic (exact) mass is 217 g/mol. The van der Waals surface area contributed by atoms with Gasteiger partial charge in [-0.05, 0) is 18.1 Å². The second kappa shape index (κ2) is 5.17. The molecule has 0 spiro atoms. The van der Waals surface area contributed by atoms with E-state index < -0.39 is 0 Å². The maximum atomic E-state index is 8.91. The van der Waals surface area contributed by atoms with Crippen LogP contribution in [-0.2, 0) is 6.42 Å². The van der Waals surface area contributed by atoms with Crippen molar-refractivity contribution in [3.63, 3.8) is 0 Å². The highest BCUT2D eigenvalue weighted by molar-refractivity contribution is 5.88. The van der Waals surface area contributed by atoms with Crippen LogP contribution in [0.5, 0.6) is 0 Å². The number of hydrogen-bond acceptors (Lipinski definition) is 4. The van der Waals surface area contributed by atoms with E-state index in [-0.39, 0.29) is 5.88 Å². The molecule has 4 heteroatoms. The Labute approximate surface area is 94.7 Å². The summed E-state index contributed by atoms with van der Waals surface area (Å²) in [6, 6.07) is 3.91.